The molecule has 0 bridgehead atoms. The molecule has 184 valence electrons. The molecule has 0 amide bonds. The average Bonchev–Trinajstić information content (AvgIpc) is 3.56. The first-order valence-corrected chi connectivity index (χ1v) is 11.7. The third-order valence-corrected chi connectivity index (χ3v) is 6.78. The Balaban J connectivity index is 1.42. The first-order valence-electron chi connectivity index (χ1n) is 11.0. The third-order valence-electron chi connectivity index (χ3n) is 6.35. The van der Waals surface area contributed by atoms with Crippen molar-refractivity contribution in [2.75, 3.05) is 19.7 Å². The molecule has 2 aliphatic rings. The molecule has 1 saturated carbocycles. The molecule has 34 heavy (non-hydrogen) atoms. The van der Waals surface area contributed by atoms with Crippen LogP contribution in [0.1, 0.15) is 59.1 Å². The normalized spacial score (nSPS) is 18.6. The molecule has 1 aliphatic heterocycles. The molecule has 2 fully saturated rings. The Kier molecular flexibility index (Phi) is 7.31. The molecule has 1 unspecified atom stereocenters. The van der Waals surface area contributed by atoms with Gasteiger partial charge in [0.15, 0.2) is 0 Å². The van der Waals surface area contributed by atoms with E-state index in [9.17, 15) is 27.5 Å². The minimum absolute atomic E-state index is 0.00257. The quantitative estimate of drug-likeness (QED) is 0.396. The van der Waals surface area contributed by atoms with Gasteiger partial charge in [-0.05, 0) is 86.0 Å². The van der Waals surface area contributed by atoms with Crippen molar-refractivity contribution in [2.45, 2.75) is 43.8 Å². The minimum atomic E-state index is -4.50. The molecule has 4 rings (SSSR count). The number of nitrogens with zero attached hydrogens (tertiary/aromatic N) is 1. The summed E-state index contributed by atoms with van der Waals surface area (Å²) in [5, 5.41) is 9.47. The maximum Gasteiger partial charge on any atom is 0.408 e. The molecule has 2 aromatic carbocycles. The number of rotatable bonds is 7. The Bertz CT molecular complexity index is 1050. The molecule has 0 radical (unpaired) electrons. The van der Waals surface area contributed by atoms with Gasteiger partial charge >= 0.3 is 12.1 Å². The van der Waals surface area contributed by atoms with E-state index in [2.05, 4.69) is 0 Å². The Morgan fingerprint density at radius 1 is 1.06 bits per heavy atom. The summed E-state index contributed by atoms with van der Waals surface area (Å²) in [6, 6.07) is 4.59. The van der Waals surface area contributed by atoms with Crippen LogP contribution in [0, 0.1) is 11.7 Å². The summed E-state index contributed by atoms with van der Waals surface area (Å²) in [7, 11) is 0. The number of halogens is 6. The van der Waals surface area contributed by atoms with Crippen molar-refractivity contribution in [3.8, 4) is 5.75 Å². The highest BCUT2D eigenvalue weighted by molar-refractivity contribution is 6.34. The highest BCUT2D eigenvalue weighted by Gasteiger charge is 2.45. The summed E-state index contributed by atoms with van der Waals surface area (Å²) in [6.45, 7) is 0.618. The zero-order valence-electron chi connectivity index (χ0n) is 18.0. The number of carbonyl (C=O) groups is 1. The van der Waals surface area contributed by atoms with Crippen LogP contribution in [-0.2, 0) is 0 Å². The lowest BCUT2D eigenvalue weighted by Gasteiger charge is -2.38. The minimum Gasteiger partial charge on any atom is -0.493 e. The van der Waals surface area contributed by atoms with E-state index in [0.29, 0.717) is 24.2 Å². The van der Waals surface area contributed by atoms with Crippen LogP contribution < -0.4 is 4.74 Å². The fourth-order valence-corrected chi connectivity index (χ4v) is 5.04. The lowest BCUT2D eigenvalue weighted by atomic mass is 9.94. The standard InChI is InChI=1S/C24H23Cl2F4NO3/c25-16-7-15(8-17(26)9-16)22(24(28,29)30)31-5-3-13(4-6-31)12-34-21-11-20(27)19(23(32)33)10-18(21)14-1-2-14/h7-11,13-14,22H,1-6,12H2,(H,32,33). The molecule has 2 aromatic rings. The number of carboxylic acids is 1. The van der Waals surface area contributed by atoms with Gasteiger partial charge in [-0.2, -0.15) is 13.2 Å². The van der Waals surface area contributed by atoms with Crippen molar-refractivity contribution in [2.24, 2.45) is 5.92 Å². The molecule has 1 atom stereocenters. The second kappa shape index (κ2) is 9.91. The van der Waals surface area contributed by atoms with Crippen molar-refractivity contribution >= 4 is 29.2 Å². The highest BCUT2D eigenvalue weighted by atomic mass is 35.5. The molecular formula is C24H23Cl2F4NO3. The summed E-state index contributed by atoms with van der Waals surface area (Å²) in [5.41, 5.74) is 0.288. The third kappa shape index (κ3) is 5.78. The molecule has 1 N–H and O–H groups in total. The summed E-state index contributed by atoms with van der Waals surface area (Å²) < 4.78 is 61.9. The molecule has 1 heterocycles. The van der Waals surface area contributed by atoms with Gasteiger partial charge in [0.25, 0.3) is 0 Å². The fraction of sp³-hybridized carbons (Fsp3) is 0.458. The molecule has 10 heteroatoms. The van der Waals surface area contributed by atoms with E-state index >= 15 is 0 Å². The predicted molar refractivity (Wildman–Crippen MR) is 120 cm³/mol. The molecule has 0 spiro atoms. The maximum absolute atomic E-state index is 14.2. The van der Waals surface area contributed by atoms with E-state index < -0.39 is 24.0 Å². The summed E-state index contributed by atoms with van der Waals surface area (Å²) in [5.74, 6) is -1.75. The Labute approximate surface area is 204 Å². The number of likely N-dealkylation sites (tertiary alicyclic amines) is 1. The first kappa shape index (κ1) is 25.1. The monoisotopic (exact) mass is 519 g/mol. The van der Waals surface area contributed by atoms with Crippen LogP contribution in [0.15, 0.2) is 30.3 Å². The number of piperidine rings is 1. The second-order valence-corrected chi connectivity index (χ2v) is 9.76. The van der Waals surface area contributed by atoms with E-state index in [1.165, 1.54) is 29.2 Å². The summed E-state index contributed by atoms with van der Waals surface area (Å²) >= 11 is 11.9. The number of hydrogen-bond acceptors (Lipinski definition) is 3. The lowest BCUT2D eigenvalue weighted by Crippen LogP contribution is -2.43. The number of carboxylic acid groups (broad SMARTS) is 1. The van der Waals surface area contributed by atoms with Crippen molar-refractivity contribution in [1.29, 1.82) is 0 Å². The molecule has 1 saturated heterocycles. The van der Waals surface area contributed by atoms with Gasteiger partial charge in [0.2, 0.25) is 0 Å². The van der Waals surface area contributed by atoms with E-state index in [4.69, 9.17) is 27.9 Å². The Hall–Kier alpha value is -2.03. The summed E-state index contributed by atoms with van der Waals surface area (Å²) in [4.78, 5) is 12.6. The average molecular weight is 520 g/mol. The topological polar surface area (TPSA) is 49.8 Å². The first-order chi connectivity index (χ1) is 16.0. The Morgan fingerprint density at radius 3 is 2.21 bits per heavy atom. The van der Waals surface area contributed by atoms with Crippen molar-refractivity contribution < 1.29 is 32.2 Å². The van der Waals surface area contributed by atoms with Crippen LogP contribution in [0.4, 0.5) is 17.6 Å². The zero-order chi connectivity index (χ0) is 24.6. The fourth-order valence-electron chi connectivity index (χ4n) is 4.50. The van der Waals surface area contributed by atoms with Gasteiger partial charge in [-0.1, -0.05) is 23.2 Å². The second-order valence-electron chi connectivity index (χ2n) is 8.89. The molecular weight excluding hydrogens is 497 g/mol. The van der Waals surface area contributed by atoms with Crippen LogP contribution in [0.2, 0.25) is 10.0 Å². The van der Waals surface area contributed by atoms with E-state index in [0.717, 1.165) is 18.9 Å². The van der Waals surface area contributed by atoms with Gasteiger partial charge in [0, 0.05) is 16.1 Å². The van der Waals surface area contributed by atoms with Crippen LogP contribution in [0.3, 0.4) is 0 Å². The van der Waals surface area contributed by atoms with Gasteiger partial charge in [-0.3, -0.25) is 4.90 Å². The van der Waals surface area contributed by atoms with Gasteiger partial charge in [0.05, 0.1) is 12.2 Å². The maximum atomic E-state index is 14.2. The van der Waals surface area contributed by atoms with Crippen LogP contribution in [-0.4, -0.2) is 41.8 Å². The smallest absolute Gasteiger partial charge is 0.408 e. The van der Waals surface area contributed by atoms with Gasteiger partial charge in [-0.15, -0.1) is 0 Å². The largest absolute Gasteiger partial charge is 0.493 e. The number of benzene rings is 2. The van der Waals surface area contributed by atoms with Gasteiger partial charge < -0.3 is 9.84 Å². The van der Waals surface area contributed by atoms with Crippen LogP contribution in [0.5, 0.6) is 5.75 Å². The van der Waals surface area contributed by atoms with Crippen molar-refractivity contribution in [1.82, 2.24) is 4.90 Å². The molecule has 4 nitrogen and oxygen atoms in total. The van der Waals surface area contributed by atoms with Gasteiger partial charge in [-0.25, -0.2) is 9.18 Å². The number of alkyl halides is 3. The number of hydrogen-bond donors (Lipinski definition) is 1. The molecule has 1 aliphatic carbocycles. The SMILES string of the molecule is O=C(O)c1cc(C2CC2)c(OCC2CCN(C(c3cc(Cl)cc(Cl)c3)C(F)(F)F)CC2)cc1F. The van der Waals surface area contributed by atoms with Crippen LogP contribution in [0.25, 0.3) is 0 Å². The van der Waals surface area contributed by atoms with Crippen molar-refractivity contribution in [3.05, 3.63) is 62.9 Å². The molecule has 0 aromatic heterocycles. The number of aromatic carboxylic acids is 1. The summed E-state index contributed by atoms with van der Waals surface area (Å²) in [6.07, 6.45) is -1.80. The van der Waals surface area contributed by atoms with E-state index in [1.54, 1.807) is 0 Å². The highest BCUT2D eigenvalue weighted by Crippen LogP contribution is 2.46. The predicted octanol–water partition coefficient (Wildman–Crippen LogP) is 7.10. The van der Waals surface area contributed by atoms with E-state index in [1.807, 2.05) is 0 Å². The van der Waals surface area contributed by atoms with Crippen LogP contribution >= 0.6 is 23.2 Å². The van der Waals surface area contributed by atoms with E-state index in [-0.39, 0.29) is 52.7 Å². The van der Waals surface area contributed by atoms with Gasteiger partial charge in [0.1, 0.15) is 17.6 Å². The Morgan fingerprint density at radius 2 is 1.68 bits per heavy atom. The lowest BCUT2D eigenvalue weighted by molar-refractivity contribution is -0.190. The zero-order valence-corrected chi connectivity index (χ0v) is 19.6. The van der Waals surface area contributed by atoms with Crippen molar-refractivity contribution in [3.63, 3.8) is 0 Å². The number of ether oxygens (including phenoxy) is 1.